The van der Waals surface area contributed by atoms with Gasteiger partial charge in [-0.05, 0) is 36.2 Å². The standard InChI is InChI=1S/C26H23FN4O4/c1-26-23(33)12-17-8-16(6-7-22(17)35-26)11-21-20(27)13-28-25(30-21)29-18-5-3-4-15(9-18)10-19(32)14-31(2)24(26)34/h3-9,13H,10-12,14H2,1-2H3,(H,28,29,30). The normalized spacial score (nSPS) is 20.1. The number of carbonyl (C=O) groups is 3. The van der Waals surface area contributed by atoms with Gasteiger partial charge in [0.2, 0.25) is 11.5 Å². The Hall–Kier alpha value is -4.14. The maximum absolute atomic E-state index is 14.5. The molecular formula is C26H23FN4O4. The number of anilines is 2. The number of Topliss-reactive ketones (excluding diaryl/α,β-unsaturated/α-hetero) is 2. The molecule has 1 N–H and O–H groups in total. The van der Waals surface area contributed by atoms with E-state index in [1.165, 1.54) is 18.9 Å². The molecule has 4 aliphatic heterocycles. The van der Waals surface area contributed by atoms with Crippen LogP contribution in [0.5, 0.6) is 5.75 Å². The number of hydrogen-bond donors (Lipinski definition) is 1. The zero-order valence-corrected chi connectivity index (χ0v) is 19.3. The lowest BCUT2D eigenvalue weighted by Crippen LogP contribution is -2.58. The van der Waals surface area contributed by atoms with Gasteiger partial charge in [-0.15, -0.1) is 0 Å². The summed E-state index contributed by atoms with van der Waals surface area (Å²) in [5.41, 5.74) is 1.17. The topological polar surface area (TPSA) is 101 Å². The second-order valence-electron chi connectivity index (χ2n) is 9.04. The second-order valence-corrected chi connectivity index (χ2v) is 9.04. The summed E-state index contributed by atoms with van der Waals surface area (Å²) in [4.78, 5) is 48.6. The van der Waals surface area contributed by atoms with E-state index in [0.717, 1.165) is 17.3 Å². The fourth-order valence-corrected chi connectivity index (χ4v) is 4.41. The second kappa shape index (κ2) is 8.57. The zero-order valence-electron chi connectivity index (χ0n) is 19.3. The molecule has 1 amide bonds. The molecular weight excluding hydrogens is 451 g/mol. The first-order valence-corrected chi connectivity index (χ1v) is 11.2. The van der Waals surface area contributed by atoms with Crippen LogP contribution in [0.4, 0.5) is 16.0 Å². The lowest BCUT2D eigenvalue weighted by atomic mass is 9.88. The average molecular weight is 474 g/mol. The van der Waals surface area contributed by atoms with Gasteiger partial charge in [-0.1, -0.05) is 24.3 Å². The molecule has 1 aromatic heterocycles. The largest absolute Gasteiger partial charge is 0.469 e. The van der Waals surface area contributed by atoms with Crippen LogP contribution >= 0.6 is 0 Å². The Labute approximate surface area is 201 Å². The molecule has 3 aromatic rings. The summed E-state index contributed by atoms with van der Waals surface area (Å²) in [6, 6.07) is 12.3. The van der Waals surface area contributed by atoms with Crippen molar-refractivity contribution in [2.75, 3.05) is 18.9 Å². The maximum Gasteiger partial charge on any atom is 0.274 e. The van der Waals surface area contributed by atoms with E-state index in [2.05, 4.69) is 15.3 Å². The molecule has 8 nitrogen and oxygen atoms in total. The number of ketones is 2. The molecule has 8 bridgehead atoms. The van der Waals surface area contributed by atoms with Gasteiger partial charge in [-0.2, -0.15) is 0 Å². The molecule has 0 radical (unpaired) electrons. The van der Waals surface area contributed by atoms with Gasteiger partial charge in [0.05, 0.1) is 18.4 Å². The monoisotopic (exact) mass is 474 g/mol. The van der Waals surface area contributed by atoms with E-state index in [4.69, 9.17) is 4.74 Å². The third-order valence-corrected chi connectivity index (χ3v) is 6.26. The Kier molecular flexibility index (Phi) is 5.55. The number of hydrogen-bond acceptors (Lipinski definition) is 7. The van der Waals surface area contributed by atoms with Crippen LogP contribution in [-0.4, -0.2) is 51.5 Å². The van der Waals surface area contributed by atoms with Crippen molar-refractivity contribution >= 4 is 29.1 Å². The van der Waals surface area contributed by atoms with E-state index in [-0.39, 0.29) is 43.2 Å². The molecule has 0 saturated carbocycles. The molecule has 0 spiro atoms. The first-order chi connectivity index (χ1) is 16.7. The molecule has 0 saturated heterocycles. The van der Waals surface area contributed by atoms with Crippen molar-refractivity contribution in [3.05, 3.63) is 76.9 Å². The van der Waals surface area contributed by atoms with Gasteiger partial charge in [-0.3, -0.25) is 14.4 Å². The number of ether oxygens (including phenoxy) is 1. The molecule has 5 heterocycles. The highest BCUT2D eigenvalue weighted by atomic mass is 19.1. The van der Waals surface area contributed by atoms with Crippen molar-refractivity contribution in [3.63, 3.8) is 0 Å². The SMILES string of the molecule is CN1CC(=O)Cc2cccc(c2)Nc2ncc(F)c(n2)Cc2ccc3c(c2)CC(=O)C(C)(O3)C1=O. The van der Waals surface area contributed by atoms with Gasteiger partial charge >= 0.3 is 0 Å². The van der Waals surface area contributed by atoms with E-state index in [1.807, 2.05) is 0 Å². The molecule has 178 valence electrons. The third-order valence-electron chi connectivity index (χ3n) is 6.26. The van der Waals surface area contributed by atoms with Crippen molar-refractivity contribution in [3.8, 4) is 5.75 Å². The van der Waals surface area contributed by atoms with E-state index in [9.17, 15) is 18.8 Å². The number of nitrogens with zero attached hydrogens (tertiary/aromatic N) is 3. The van der Waals surface area contributed by atoms with E-state index in [1.54, 1.807) is 42.5 Å². The predicted octanol–water partition coefficient (Wildman–Crippen LogP) is 2.80. The number of carbonyl (C=O) groups excluding carboxylic acids is 3. The number of benzene rings is 2. The predicted molar refractivity (Wildman–Crippen MR) is 125 cm³/mol. The minimum Gasteiger partial charge on any atom is -0.469 e. The highest BCUT2D eigenvalue weighted by Crippen LogP contribution is 2.33. The van der Waals surface area contributed by atoms with Crippen LogP contribution in [-0.2, 0) is 33.6 Å². The lowest BCUT2D eigenvalue weighted by Gasteiger charge is -2.35. The number of halogens is 1. The van der Waals surface area contributed by atoms with Gasteiger partial charge < -0.3 is 15.0 Å². The summed E-state index contributed by atoms with van der Waals surface area (Å²) in [5.74, 6) is -1.10. The fourth-order valence-electron chi connectivity index (χ4n) is 4.41. The summed E-state index contributed by atoms with van der Waals surface area (Å²) < 4.78 is 20.4. The third kappa shape index (κ3) is 4.37. The first-order valence-electron chi connectivity index (χ1n) is 11.2. The fraction of sp³-hybridized carbons (Fsp3) is 0.269. The molecule has 0 fully saturated rings. The smallest absolute Gasteiger partial charge is 0.274 e. The highest BCUT2D eigenvalue weighted by molar-refractivity contribution is 6.11. The van der Waals surface area contributed by atoms with Gasteiger partial charge in [-0.25, -0.2) is 14.4 Å². The molecule has 1 unspecified atom stereocenters. The van der Waals surface area contributed by atoms with Crippen molar-refractivity contribution in [2.45, 2.75) is 31.8 Å². The molecule has 2 aromatic carbocycles. The maximum atomic E-state index is 14.5. The van der Waals surface area contributed by atoms with Crippen LogP contribution in [0.3, 0.4) is 0 Å². The Morgan fingerprint density at radius 1 is 1.06 bits per heavy atom. The molecule has 4 aliphatic rings. The summed E-state index contributed by atoms with van der Waals surface area (Å²) in [5, 5.41) is 3.06. The molecule has 7 rings (SSSR count). The number of nitrogens with one attached hydrogen (secondary N) is 1. The molecule has 1 atom stereocenters. The van der Waals surface area contributed by atoms with Gasteiger partial charge in [0.1, 0.15) is 5.75 Å². The minimum atomic E-state index is -1.73. The van der Waals surface area contributed by atoms with Crippen LogP contribution in [0, 0.1) is 5.82 Å². The Balaban J connectivity index is 1.58. The van der Waals surface area contributed by atoms with Gasteiger partial charge in [0, 0.05) is 37.6 Å². The Bertz CT molecular complexity index is 1380. The highest BCUT2D eigenvalue weighted by Gasteiger charge is 2.48. The summed E-state index contributed by atoms with van der Waals surface area (Å²) in [7, 11) is 1.49. The van der Waals surface area contributed by atoms with Crippen molar-refractivity contribution in [2.24, 2.45) is 0 Å². The van der Waals surface area contributed by atoms with Crippen LogP contribution in [0.15, 0.2) is 48.7 Å². The van der Waals surface area contributed by atoms with Crippen molar-refractivity contribution in [1.82, 2.24) is 14.9 Å². The number of rotatable bonds is 0. The van der Waals surface area contributed by atoms with Crippen LogP contribution in [0.25, 0.3) is 0 Å². The average Bonchev–Trinajstić information content (AvgIpc) is 2.81. The number of likely N-dealkylation sites (N-methyl/N-ethyl adjacent to an activating group) is 1. The van der Waals surface area contributed by atoms with Gasteiger partial charge in [0.25, 0.3) is 5.91 Å². The van der Waals surface area contributed by atoms with E-state index in [0.29, 0.717) is 17.0 Å². The Morgan fingerprint density at radius 3 is 2.69 bits per heavy atom. The van der Waals surface area contributed by atoms with Crippen molar-refractivity contribution in [1.29, 1.82) is 0 Å². The molecule has 35 heavy (non-hydrogen) atoms. The minimum absolute atomic E-state index is 0.0158. The lowest BCUT2D eigenvalue weighted by molar-refractivity contribution is -0.156. The number of fused-ring (bicyclic) bond motifs is 2. The first kappa shape index (κ1) is 22.6. The molecule has 0 aliphatic carbocycles. The van der Waals surface area contributed by atoms with E-state index < -0.39 is 23.1 Å². The quantitative estimate of drug-likeness (QED) is 0.500. The van der Waals surface area contributed by atoms with Gasteiger partial charge in [0.15, 0.2) is 17.4 Å². The van der Waals surface area contributed by atoms with Crippen LogP contribution in [0.2, 0.25) is 0 Å². The van der Waals surface area contributed by atoms with Crippen molar-refractivity contribution < 1.29 is 23.5 Å². The Morgan fingerprint density at radius 2 is 1.86 bits per heavy atom. The number of aromatic nitrogens is 2. The van der Waals surface area contributed by atoms with Crippen LogP contribution < -0.4 is 10.1 Å². The summed E-state index contributed by atoms with van der Waals surface area (Å²) >= 11 is 0. The zero-order chi connectivity index (χ0) is 24.7. The van der Waals surface area contributed by atoms with Crippen LogP contribution in [0.1, 0.15) is 29.3 Å². The number of amides is 1. The molecule has 9 heteroatoms. The summed E-state index contributed by atoms with van der Waals surface area (Å²) in [6.07, 6.45) is 1.36. The van der Waals surface area contributed by atoms with E-state index >= 15 is 0 Å². The summed E-state index contributed by atoms with van der Waals surface area (Å²) in [6.45, 7) is 1.27.